The molecule has 2 aromatic carbocycles. The molecule has 0 radical (unpaired) electrons. The molecule has 4 rings (SSSR count). The molecular weight excluding hydrogens is 452 g/mol. The molecular formula is C25H30N4O6. The van der Waals surface area contributed by atoms with Crippen LogP contribution in [0, 0.1) is 0 Å². The number of likely N-dealkylation sites (tertiary alicyclic amines) is 1. The Balaban J connectivity index is 1.53. The average Bonchev–Trinajstić information content (AvgIpc) is 3.25. The van der Waals surface area contributed by atoms with Crippen molar-refractivity contribution in [2.45, 2.75) is 25.0 Å². The third kappa shape index (κ3) is 6.28. The van der Waals surface area contributed by atoms with Crippen molar-refractivity contribution in [3.05, 3.63) is 53.6 Å². The van der Waals surface area contributed by atoms with Gasteiger partial charge in [0.05, 0.1) is 24.3 Å². The van der Waals surface area contributed by atoms with E-state index >= 15 is 0 Å². The van der Waals surface area contributed by atoms with Gasteiger partial charge in [-0.15, -0.1) is 0 Å². The molecule has 2 heterocycles. The second-order valence-electron chi connectivity index (χ2n) is 8.89. The number of carbonyl (C=O) groups excluding carboxylic acids is 3. The molecule has 2 atom stereocenters. The van der Waals surface area contributed by atoms with Crippen LogP contribution in [0.3, 0.4) is 0 Å². The van der Waals surface area contributed by atoms with Crippen LogP contribution < -0.4 is 20.5 Å². The van der Waals surface area contributed by atoms with Crippen molar-refractivity contribution < 1.29 is 29.0 Å². The van der Waals surface area contributed by atoms with Gasteiger partial charge in [0.15, 0.2) is 13.2 Å². The second-order valence-corrected chi connectivity index (χ2v) is 8.89. The third-order valence-electron chi connectivity index (χ3n) is 6.20. The lowest BCUT2D eigenvalue weighted by Gasteiger charge is -2.32. The molecule has 3 amide bonds. The van der Waals surface area contributed by atoms with E-state index in [0.717, 1.165) is 17.7 Å². The molecule has 1 saturated heterocycles. The highest BCUT2D eigenvalue weighted by Gasteiger charge is 2.29. The monoisotopic (exact) mass is 482 g/mol. The quantitative estimate of drug-likeness (QED) is 0.479. The van der Waals surface area contributed by atoms with Crippen LogP contribution >= 0.6 is 0 Å². The van der Waals surface area contributed by atoms with Gasteiger partial charge in [0.2, 0.25) is 5.91 Å². The fraction of sp³-hybridized carbons (Fsp3) is 0.400. The number of primary amides is 1. The van der Waals surface area contributed by atoms with Gasteiger partial charge < -0.3 is 30.5 Å². The lowest BCUT2D eigenvalue weighted by molar-refractivity contribution is -0.131. The maximum atomic E-state index is 13.3. The standard InChI is InChI=1S/C25H30N4O6/c1-28(25(33)10-16-5-6-22-20(9-16)27-24(32)15-35-22)21(13-29-8-7-18(30)12-29)17-3-2-4-19(11-17)34-14-23(26)31/h2-6,9,11,18,21,30H,7-8,10,12-15H2,1H3,(H2,26,31)(H,27,32)/t18-,21+/m0/s1. The Morgan fingerprint density at radius 2 is 2.14 bits per heavy atom. The van der Waals surface area contributed by atoms with Gasteiger partial charge in [0.25, 0.3) is 11.8 Å². The maximum Gasteiger partial charge on any atom is 0.262 e. The summed E-state index contributed by atoms with van der Waals surface area (Å²) in [5.41, 5.74) is 7.34. The van der Waals surface area contributed by atoms with Crippen LogP contribution in [0.15, 0.2) is 42.5 Å². The van der Waals surface area contributed by atoms with E-state index < -0.39 is 5.91 Å². The SMILES string of the molecule is CN(C(=O)Cc1ccc2c(c1)NC(=O)CO2)[C@H](CN1CC[C@H](O)C1)c1cccc(OCC(N)=O)c1. The summed E-state index contributed by atoms with van der Waals surface area (Å²) >= 11 is 0. The number of rotatable bonds is 9. The van der Waals surface area contributed by atoms with Gasteiger partial charge in [-0.05, 0) is 41.8 Å². The molecule has 35 heavy (non-hydrogen) atoms. The van der Waals surface area contributed by atoms with Gasteiger partial charge in [0.1, 0.15) is 11.5 Å². The minimum Gasteiger partial charge on any atom is -0.484 e. The fourth-order valence-corrected chi connectivity index (χ4v) is 4.35. The fourth-order valence-electron chi connectivity index (χ4n) is 4.35. The third-order valence-corrected chi connectivity index (χ3v) is 6.20. The van der Waals surface area contributed by atoms with Crippen LogP contribution in [-0.4, -0.2) is 78.6 Å². The van der Waals surface area contributed by atoms with E-state index in [1.807, 2.05) is 18.2 Å². The van der Waals surface area contributed by atoms with Crippen molar-refractivity contribution in [2.75, 3.05) is 45.2 Å². The van der Waals surface area contributed by atoms with E-state index in [4.69, 9.17) is 15.2 Å². The summed E-state index contributed by atoms with van der Waals surface area (Å²) in [6.45, 7) is 1.55. The molecule has 0 aliphatic carbocycles. The highest BCUT2D eigenvalue weighted by Crippen LogP contribution is 2.30. The number of nitrogens with one attached hydrogen (secondary N) is 1. The summed E-state index contributed by atoms with van der Waals surface area (Å²) in [5, 5.41) is 12.7. The maximum absolute atomic E-state index is 13.3. The number of hydrogen-bond donors (Lipinski definition) is 3. The molecule has 0 bridgehead atoms. The number of carbonyl (C=O) groups is 3. The minimum absolute atomic E-state index is 0.0247. The van der Waals surface area contributed by atoms with Crippen LogP contribution in [0.5, 0.6) is 11.5 Å². The normalized spacial score (nSPS) is 18.2. The number of hydrogen-bond acceptors (Lipinski definition) is 7. The van der Waals surface area contributed by atoms with Crippen molar-refractivity contribution >= 4 is 23.4 Å². The molecule has 10 heteroatoms. The molecule has 0 spiro atoms. The Hall–Kier alpha value is -3.63. The van der Waals surface area contributed by atoms with Gasteiger partial charge in [-0.1, -0.05) is 18.2 Å². The minimum atomic E-state index is -0.572. The zero-order valence-corrected chi connectivity index (χ0v) is 19.6. The van der Waals surface area contributed by atoms with Crippen molar-refractivity contribution in [1.29, 1.82) is 0 Å². The van der Waals surface area contributed by atoms with E-state index in [0.29, 0.717) is 36.7 Å². The van der Waals surface area contributed by atoms with Gasteiger partial charge in [-0.2, -0.15) is 0 Å². The number of fused-ring (bicyclic) bond motifs is 1. The molecule has 0 unspecified atom stereocenters. The molecule has 186 valence electrons. The number of ether oxygens (including phenoxy) is 2. The van der Waals surface area contributed by atoms with Gasteiger partial charge in [-0.3, -0.25) is 19.3 Å². The van der Waals surface area contributed by atoms with Crippen LogP contribution in [0.1, 0.15) is 23.6 Å². The Morgan fingerprint density at radius 1 is 1.31 bits per heavy atom. The van der Waals surface area contributed by atoms with Gasteiger partial charge in [0, 0.05) is 26.7 Å². The van der Waals surface area contributed by atoms with E-state index in [1.54, 1.807) is 36.2 Å². The topological polar surface area (TPSA) is 134 Å². The lowest BCUT2D eigenvalue weighted by atomic mass is 10.0. The molecule has 2 aliphatic rings. The van der Waals surface area contributed by atoms with Crippen LogP contribution in [0.4, 0.5) is 5.69 Å². The molecule has 1 fully saturated rings. The molecule has 2 aliphatic heterocycles. The van der Waals surface area contributed by atoms with E-state index in [9.17, 15) is 19.5 Å². The predicted octanol–water partition coefficient (Wildman–Crippen LogP) is 0.690. The molecule has 2 aromatic rings. The average molecular weight is 483 g/mol. The largest absolute Gasteiger partial charge is 0.484 e. The Labute approximate surface area is 203 Å². The number of amides is 3. The Kier molecular flexibility index (Phi) is 7.52. The number of nitrogens with zero attached hydrogens (tertiary/aromatic N) is 2. The number of anilines is 1. The smallest absolute Gasteiger partial charge is 0.262 e. The molecule has 0 saturated carbocycles. The summed E-state index contributed by atoms with van der Waals surface area (Å²) in [6.07, 6.45) is 0.445. The number of aliphatic hydroxyl groups is 1. The first-order valence-electron chi connectivity index (χ1n) is 11.5. The first-order valence-corrected chi connectivity index (χ1v) is 11.5. The summed E-state index contributed by atoms with van der Waals surface area (Å²) in [4.78, 5) is 39.9. The highest BCUT2D eigenvalue weighted by molar-refractivity contribution is 5.95. The number of benzene rings is 2. The van der Waals surface area contributed by atoms with Gasteiger partial charge >= 0.3 is 0 Å². The summed E-state index contributed by atoms with van der Waals surface area (Å²) in [6, 6.07) is 12.2. The van der Waals surface area contributed by atoms with Gasteiger partial charge in [-0.25, -0.2) is 0 Å². The zero-order chi connectivity index (χ0) is 24.9. The molecule has 0 aromatic heterocycles. The highest BCUT2D eigenvalue weighted by atomic mass is 16.5. The predicted molar refractivity (Wildman–Crippen MR) is 128 cm³/mol. The van der Waals surface area contributed by atoms with E-state index in [1.165, 1.54) is 0 Å². The second kappa shape index (κ2) is 10.7. The number of nitrogens with two attached hydrogens (primary N) is 1. The first kappa shape index (κ1) is 24.5. The summed E-state index contributed by atoms with van der Waals surface area (Å²) in [7, 11) is 1.75. The van der Waals surface area contributed by atoms with Crippen molar-refractivity contribution in [2.24, 2.45) is 5.73 Å². The number of aliphatic hydroxyl groups excluding tert-OH is 1. The lowest BCUT2D eigenvalue weighted by Crippen LogP contribution is -2.39. The van der Waals surface area contributed by atoms with Crippen LogP contribution in [-0.2, 0) is 20.8 Å². The first-order chi connectivity index (χ1) is 16.8. The van der Waals surface area contributed by atoms with Crippen molar-refractivity contribution in [1.82, 2.24) is 9.80 Å². The van der Waals surface area contributed by atoms with E-state index in [-0.39, 0.29) is 43.6 Å². The zero-order valence-electron chi connectivity index (χ0n) is 19.6. The number of β-amino-alcohol motifs (C(OH)–C–C–N with tert-alkyl or cyclic N) is 1. The van der Waals surface area contributed by atoms with Crippen molar-refractivity contribution in [3.63, 3.8) is 0 Å². The Bertz CT molecular complexity index is 1110. The summed E-state index contributed by atoms with van der Waals surface area (Å²) < 4.78 is 10.9. The Morgan fingerprint density at radius 3 is 2.89 bits per heavy atom. The van der Waals surface area contributed by atoms with Crippen LogP contribution in [0.25, 0.3) is 0 Å². The summed E-state index contributed by atoms with van der Waals surface area (Å²) in [5.74, 6) is 0.147. The molecule has 10 nitrogen and oxygen atoms in total. The molecule has 4 N–H and O–H groups in total. The van der Waals surface area contributed by atoms with Crippen LogP contribution in [0.2, 0.25) is 0 Å². The van der Waals surface area contributed by atoms with Crippen molar-refractivity contribution in [3.8, 4) is 11.5 Å². The number of likely N-dealkylation sites (N-methyl/N-ethyl adjacent to an activating group) is 1. The van der Waals surface area contributed by atoms with E-state index in [2.05, 4.69) is 10.2 Å².